The van der Waals surface area contributed by atoms with E-state index in [1.807, 2.05) is 0 Å². The predicted molar refractivity (Wildman–Crippen MR) is 45.1 cm³/mol. The summed E-state index contributed by atoms with van der Waals surface area (Å²) >= 11 is 0. The van der Waals surface area contributed by atoms with E-state index in [9.17, 15) is 0 Å². The second-order valence-corrected chi connectivity index (χ2v) is 4.22. The summed E-state index contributed by atoms with van der Waals surface area (Å²) < 4.78 is 0. The molecule has 60 valence electrons. The number of rotatable bonds is 3. The first kappa shape index (κ1) is 8.06. The van der Waals surface area contributed by atoms with Gasteiger partial charge >= 0.3 is 0 Å². The smallest absolute Gasteiger partial charge is 0.0127 e. The SMILES string of the molecule is CCC(C)NC1CC1(C)C. The van der Waals surface area contributed by atoms with Crippen LogP contribution in [0.4, 0.5) is 0 Å². The van der Waals surface area contributed by atoms with Gasteiger partial charge in [-0.15, -0.1) is 0 Å². The fourth-order valence-electron chi connectivity index (χ4n) is 1.21. The van der Waals surface area contributed by atoms with Crippen LogP contribution in [0.25, 0.3) is 0 Å². The molecule has 2 unspecified atom stereocenters. The van der Waals surface area contributed by atoms with Crippen LogP contribution in [0.15, 0.2) is 0 Å². The minimum Gasteiger partial charge on any atom is -0.311 e. The molecule has 0 amide bonds. The predicted octanol–water partition coefficient (Wildman–Crippen LogP) is 2.17. The van der Waals surface area contributed by atoms with Crippen molar-refractivity contribution in [3.63, 3.8) is 0 Å². The van der Waals surface area contributed by atoms with Crippen molar-refractivity contribution in [2.45, 2.75) is 52.6 Å². The standard InChI is InChI=1S/C9H19N/c1-5-7(2)10-8-6-9(8,3)4/h7-8,10H,5-6H2,1-4H3. The minimum atomic E-state index is 0.587. The molecule has 10 heavy (non-hydrogen) atoms. The normalized spacial score (nSPS) is 31.8. The fourth-order valence-corrected chi connectivity index (χ4v) is 1.21. The summed E-state index contributed by atoms with van der Waals surface area (Å²) in [6.07, 6.45) is 2.60. The zero-order valence-corrected chi connectivity index (χ0v) is 7.57. The molecule has 1 heteroatoms. The molecule has 1 N–H and O–H groups in total. The van der Waals surface area contributed by atoms with Crippen molar-refractivity contribution in [2.24, 2.45) is 5.41 Å². The lowest BCUT2D eigenvalue weighted by atomic mass is 10.1. The van der Waals surface area contributed by atoms with Gasteiger partial charge in [0.2, 0.25) is 0 Å². The van der Waals surface area contributed by atoms with Crippen LogP contribution in [-0.4, -0.2) is 12.1 Å². The number of hydrogen-bond acceptors (Lipinski definition) is 1. The first-order valence-electron chi connectivity index (χ1n) is 4.32. The largest absolute Gasteiger partial charge is 0.311 e. The van der Waals surface area contributed by atoms with E-state index in [0.29, 0.717) is 11.5 Å². The summed E-state index contributed by atoms with van der Waals surface area (Å²) in [5.74, 6) is 0. The van der Waals surface area contributed by atoms with Crippen molar-refractivity contribution in [2.75, 3.05) is 0 Å². The van der Waals surface area contributed by atoms with Gasteiger partial charge in [-0.3, -0.25) is 0 Å². The zero-order valence-electron chi connectivity index (χ0n) is 7.57. The molecule has 1 nitrogen and oxygen atoms in total. The van der Waals surface area contributed by atoms with E-state index in [-0.39, 0.29) is 0 Å². The monoisotopic (exact) mass is 141 g/mol. The van der Waals surface area contributed by atoms with Crippen molar-refractivity contribution in [3.8, 4) is 0 Å². The molecule has 0 saturated heterocycles. The molecular formula is C9H19N. The van der Waals surface area contributed by atoms with Crippen LogP contribution in [0.2, 0.25) is 0 Å². The highest BCUT2D eigenvalue weighted by Gasteiger charge is 2.45. The van der Waals surface area contributed by atoms with Crippen LogP contribution in [0, 0.1) is 5.41 Å². The molecule has 0 aromatic rings. The molecule has 1 saturated carbocycles. The lowest BCUT2D eigenvalue weighted by molar-refractivity contribution is 0.472. The van der Waals surface area contributed by atoms with Crippen molar-refractivity contribution < 1.29 is 0 Å². The Morgan fingerprint density at radius 1 is 1.60 bits per heavy atom. The highest BCUT2D eigenvalue weighted by Crippen LogP contribution is 2.44. The second-order valence-electron chi connectivity index (χ2n) is 4.22. The lowest BCUT2D eigenvalue weighted by Crippen LogP contribution is -2.29. The van der Waals surface area contributed by atoms with E-state index in [0.717, 1.165) is 6.04 Å². The van der Waals surface area contributed by atoms with Gasteiger partial charge in [0.05, 0.1) is 0 Å². The molecular weight excluding hydrogens is 122 g/mol. The molecule has 0 heterocycles. The topological polar surface area (TPSA) is 12.0 Å². The summed E-state index contributed by atoms with van der Waals surface area (Å²) in [6.45, 7) is 9.14. The summed E-state index contributed by atoms with van der Waals surface area (Å²) in [5, 5.41) is 3.59. The molecule has 0 aliphatic heterocycles. The van der Waals surface area contributed by atoms with Crippen LogP contribution in [0.1, 0.15) is 40.5 Å². The van der Waals surface area contributed by atoms with E-state index in [1.54, 1.807) is 0 Å². The molecule has 1 aliphatic carbocycles. The maximum absolute atomic E-state index is 3.59. The van der Waals surface area contributed by atoms with Crippen molar-refractivity contribution in [1.29, 1.82) is 0 Å². The van der Waals surface area contributed by atoms with Gasteiger partial charge in [-0.25, -0.2) is 0 Å². The molecule has 0 radical (unpaired) electrons. The van der Waals surface area contributed by atoms with Crippen LogP contribution >= 0.6 is 0 Å². The van der Waals surface area contributed by atoms with Gasteiger partial charge in [0.1, 0.15) is 0 Å². The highest BCUT2D eigenvalue weighted by molar-refractivity contribution is 5.02. The van der Waals surface area contributed by atoms with Crippen LogP contribution < -0.4 is 5.32 Å². The Bertz CT molecular complexity index is 118. The van der Waals surface area contributed by atoms with Gasteiger partial charge in [0, 0.05) is 12.1 Å². The minimum absolute atomic E-state index is 0.587. The average molecular weight is 141 g/mol. The van der Waals surface area contributed by atoms with Crippen LogP contribution in [0.3, 0.4) is 0 Å². The van der Waals surface area contributed by atoms with E-state index in [2.05, 4.69) is 33.0 Å². The Morgan fingerprint density at radius 3 is 2.40 bits per heavy atom. The summed E-state index contributed by atoms with van der Waals surface area (Å²) in [7, 11) is 0. The van der Waals surface area contributed by atoms with E-state index in [4.69, 9.17) is 0 Å². The number of hydrogen-bond donors (Lipinski definition) is 1. The quantitative estimate of drug-likeness (QED) is 0.635. The second kappa shape index (κ2) is 2.54. The summed E-state index contributed by atoms with van der Waals surface area (Å²) in [6, 6.07) is 1.49. The first-order chi connectivity index (χ1) is 4.56. The third kappa shape index (κ3) is 1.72. The Kier molecular flexibility index (Phi) is 2.04. The Morgan fingerprint density at radius 2 is 2.10 bits per heavy atom. The Labute approximate surface area is 64.2 Å². The van der Waals surface area contributed by atoms with E-state index in [1.165, 1.54) is 12.8 Å². The Hall–Kier alpha value is -0.0400. The number of nitrogens with one attached hydrogen (secondary N) is 1. The van der Waals surface area contributed by atoms with Gasteiger partial charge in [0.25, 0.3) is 0 Å². The maximum Gasteiger partial charge on any atom is 0.0127 e. The van der Waals surface area contributed by atoms with Gasteiger partial charge < -0.3 is 5.32 Å². The van der Waals surface area contributed by atoms with Gasteiger partial charge in [-0.1, -0.05) is 20.8 Å². The summed E-state index contributed by atoms with van der Waals surface area (Å²) in [4.78, 5) is 0. The van der Waals surface area contributed by atoms with Gasteiger partial charge in [-0.05, 0) is 25.2 Å². The molecule has 1 aliphatic rings. The zero-order chi connectivity index (χ0) is 7.78. The van der Waals surface area contributed by atoms with Crippen molar-refractivity contribution in [1.82, 2.24) is 5.32 Å². The molecule has 0 bridgehead atoms. The molecule has 0 spiro atoms. The van der Waals surface area contributed by atoms with Crippen molar-refractivity contribution in [3.05, 3.63) is 0 Å². The highest BCUT2D eigenvalue weighted by atomic mass is 15.0. The average Bonchev–Trinajstić information content (AvgIpc) is 2.40. The lowest BCUT2D eigenvalue weighted by Gasteiger charge is -2.12. The van der Waals surface area contributed by atoms with E-state index < -0.39 is 0 Å². The fraction of sp³-hybridized carbons (Fsp3) is 1.00. The molecule has 1 rings (SSSR count). The molecule has 0 aromatic heterocycles. The van der Waals surface area contributed by atoms with Gasteiger partial charge in [-0.2, -0.15) is 0 Å². The van der Waals surface area contributed by atoms with E-state index >= 15 is 0 Å². The summed E-state index contributed by atoms with van der Waals surface area (Å²) in [5.41, 5.74) is 0.587. The molecule has 2 atom stereocenters. The maximum atomic E-state index is 3.59. The third-order valence-electron chi connectivity index (χ3n) is 2.61. The van der Waals surface area contributed by atoms with Crippen LogP contribution in [-0.2, 0) is 0 Å². The third-order valence-corrected chi connectivity index (χ3v) is 2.61. The Balaban J connectivity index is 2.17. The molecule has 1 fully saturated rings. The van der Waals surface area contributed by atoms with Gasteiger partial charge in [0.15, 0.2) is 0 Å². The van der Waals surface area contributed by atoms with Crippen LogP contribution in [0.5, 0.6) is 0 Å². The van der Waals surface area contributed by atoms with Crippen molar-refractivity contribution >= 4 is 0 Å². The first-order valence-corrected chi connectivity index (χ1v) is 4.32. The molecule has 0 aromatic carbocycles.